The van der Waals surface area contributed by atoms with Crippen LogP contribution in [0, 0.1) is 41.5 Å². The molecule has 0 aromatic heterocycles. The van der Waals surface area contributed by atoms with E-state index in [9.17, 15) is 0 Å². The van der Waals surface area contributed by atoms with Crippen LogP contribution in [0.1, 0.15) is 119 Å². The molecule has 0 atom stereocenters. The second kappa shape index (κ2) is 73.8. The minimum atomic E-state index is -5.39. The molecular formula is C24H54O16P4W3-18. The topological polar surface area (TPSA) is 345 Å². The maximum Gasteiger partial charge on any atom is 0 e. The second-order valence-corrected chi connectivity index (χ2v) is 10.5. The molecule has 0 rings (SSSR count). The molecular weight excluding hydrogens is 1220 g/mol. The molecule has 47 heavy (non-hydrogen) atoms. The third-order valence-corrected chi connectivity index (χ3v) is 2.12. The van der Waals surface area contributed by atoms with Crippen molar-refractivity contribution in [1.29, 1.82) is 0 Å². The van der Waals surface area contributed by atoms with Gasteiger partial charge in [0.25, 0.3) is 0 Å². The molecule has 0 spiro atoms. The summed E-state index contributed by atoms with van der Waals surface area (Å²) >= 11 is 0. The summed E-state index contributed by atoms with van der Waals surface area (Å²) in [5.74, 6) is 0. The molecule has 0 heterocycles. The quantitative estimate of drug-likeness (QED) is 0.214. The van der Waals surface area contributed by atoms with Gasteiger partial charge in [-0.25, -0.2) is 0 Å². The average Bonchev–Trinajstić information content (AvgIpc) is 2.85. The third-order valence-electron chi connectivity index (χ3n) is 2.12. The molecule has 0 radical (unpaired) electrons. The van der Waals surface area contributed by atoms with Crippen molar-refractivity contribution in [2.75, 3.05) is 0 Å². The molecule has 0 amide bonds. The van der Waals surface area contributed by atoms with Crippen LogP contribution in [0.2, 0.25) is 0 Å². The van der Waals surface area contributed by atoms with Gasteiger partial charge in [0.1, 0.15) is 0 Å². The van der Waals surface area contributed by atoms with Crippen molar-refractivity contribution in [2.24, 2.45) is 0 Å². The van der Waals surface area contributed by atoms with E-state index in [0.717, 1.165) is 38.5 Å². The largest absolute Gasteiger partial charge is 0.822 e. The van der Waals surface area contributed by atoms with Crippen LogP contribution in [-0.4, -0.2) is 0 Å². The van der Waals surface area contributed by atoms with E-state index in [4.69, 9.17) is 77.0 Å². The Labute approximate surface area is 329 Å². The van der Waals surface area contributed by atoms with E-state index >= 15 is 0 Å². The predicted octanol–water partition coefficient (Wildman–Crippen LogP) is -1.58. The monoisotopic (exact) mass is 1270 g/mol. The molecule has 302 valence electrons. The van der Waals surface area contributed by atoms with Crippen LogP contribution in [0.5, 0.6) is 0 Å². The summed E-state index contributed by atoms with van der Waals surface area (Å²) in [6.07, 6.45) is 13.7. The molecule has 0 fully saturated rings. The Hall–Kier alpha value is 2.50. The molecule has 0 unspecified atom stereocenters. The van der Waals surface area contributed by atoms with Crippen molar-refractivity contribution in [1.82, 2.24) is 0 Å². The van der Waals surface area contributed by atoms with E-state index in [0.29, 0.717) is 0 Å². The first-order valence-corrected chi connectivity index (χ1v) is 19.0. The summed E-state index contributed by atoms with van der Waals surface area (Å²) < 4.78 is 34.2. The van der Waals surface area contributed by atoms with E-state index in [1.165, 1.54) is 38.5 Å². The van der Waals surface area contributed by atoms with E-state index in [1.54, 1.807) is 0 Å². The minimum Gasteiger partial charge on any atom is -0.822 e. The van der Waals surface area contributed by atoms with Crippen LogP contribution < -0.4 is 58.7 Å². The summed E-state index contributed by atoms with van der Waals surface area (Å²) in [7, 11) is -21.6. The maximum absolute atomic E-state index is 8.55. The molecule has 16 nitrogen and oxygen atoms in total. The molecule has 0 aliphatic heterocycles. The molecule has 0 aromatic carbocycles. The van der Waals surface area contributed by atoms with Gasteiger partial charge in [-0.05, 0) is 0 Å². The predicted molar refractivity (Wildman–Crippen MR) is 152 cm³/mol. The molecule has 23 heteroatoms. The van der Waals surface area contributed by atoms with Gasteiger partial charge >= 0.3 is 0 Å². The van der Waals surface area contributed by atoms with E-state index in [1.807, 2.05) is 0 Å². The van der Waals surface area contributed by atoms with E-state index in [-0.39, 0.29) is 63.2 Å². The first-order valence-electron chi connectivity index (χ1n) is 13.2. The molecule has 0 aliphatic rings. The van der Waals surface area contributed by atoms with Gasteiger partial charge in [0.15, 0.2) is 0 Å². The fraction of sp³-hybridized carbons (Fsp3) is 0.750. The van der Waals surface area contributed by atoms with Crippen LogP contribution in [0.4, 0.5) is 0 Å². The second-order valence-electron chi connectivity index (χ2n) is 6.91. The van der Waals surface area contributed by atoms with E-state index < -0.39 is 31.3 Å². The van der Waals surface area contributed by atoms with Crippen LogP contribution in [-0.2, 0) is 81.5 Å². The molecule has 0 bridgehead atoms. The molecule has 0 aromatic rings. The average molecular weight is 1270 g/mol. The number of phosphoric acid groups is 4. The zero-order valence-electron chi connectivity index (χ0n) is 28.3. The van der Waals surface area contributed by atoms with Crippen molar-refractivity contribution in [2.45, 2.75) is 119 Å². The fourth-order valence-electron chi connectivity index (χ4n) is 0. The third kappa shape index (κ3) is 1450. The summed E-state index contributed by atoms with van der Waals surface area (Å²) in [5.41, 5.74) is 0. The number of hydrogen-bond acceptors (Lipinski definition) is 16. The molecule has 0 saturated heterocycles. The van der Waals surface area contributed by atoms with Crippen LogP contribution in [0.3, 0.4) is 0 Å². The van der Waals surface area contributed by atoms with E-state index in [2.05, 4.69) is 83.1 Å². The summed E-state index contributed by atoms with van der Waals surface area (Å²) in [5, 5.41) is 0. The Kier molecular flexibility index (Phi) is 137. The number of rotatable bonds is 6. The van der Waals surface area contributed by atoms with Crippen LogP contribution in [0.25, 0.3) is 0 Å². The Morgan fingerprint density at radius 1 is 0.298 bits per heavy atom. The number of hydrogen-bond donors (Lipinski definition) is 0. The SMILES string of the molecule is O=P([O-])([O-])[O-].O=P([O-])([O-])[O-].O=P([O-])([O-])[O-].O=P([O-])([O-])[O-].[CH2-]CCC.[CH2-]CCC.[CH2-]CCC.[CH2-]CCC.[CH2-]CCC.[CH2-]CCC.[W].[W].[W]. The Morgan fingerprint density at radius 3 is 0.319 bits per heavy atom. The van der Waals surface area contributed by atoms with Gasteiger partial charge in [0.05, 0.1) is 0 Å². The van der Waals surface area contributed by atoms with Crippen molar-refractivity contribution in [3.63, 3.8) is 0 Å². The van der Waals surface area contributed by atoms with Crippen LogP contribution in [0.15, 0.2) is 0 Å². The first-order chi connectivity index (χ1) is 19.5. The minimum absolute atomic E-state index is 0. The molecule has 0 N–H and O–H groups in total. The van der Waals surface area contributed by atoms with Gasteiger partial charge in [0, 0.05) is 63.2 Å². The Bertz CT molecular complexity index is 463. The van der Waals surface area contributed by atoms with Crippen molar-refractivity contribution in [3.8, 4) is 0 Å². The molecule has 0 saturated carbocycles. The van der Waals surface area contributed by atoms with Crippen molar-refractivity contribution >= 4 is 31.3 Å². The normalized spacial score (nSPS) is 8.85. The zero-order valence-corrected chi connectivity index (χ0v) is 40.7. The summed E-state index contributed by atoms with van der Waals surface area (Å²) in [4.78, 5) is 103. The zero-order chi connectivity index (χ0) is 38.5. The van der Waals surface area contributed by atoms with Crippen molar-refractivity contribution < 1.29 is 140 Å². The van der Waals surface area contributed by atoms with Gasteiger partial charge in [-0.1, -0.05) is 80.1 Å². The smallest absolute Gasteiger partial charge is 0 e. The standard InChI is InChI=1S/6C4H9.4H3O4P.3W/c6*1-3-4-2;4*1-5(2,3)4;;;/h6*1,3-4H2,2H3;4*(H3,1,2,3,4);;;/q6*-1;;;;;;;/p-12. The Balaban J connectivity index is -0.0000000247. The van der Waals surface area contributed by atoms with Crippen molar-refractivity contribution in [3.05, 3.63) is 41.5 Å². The van der Waals surface area contributed by atoms with Gasteiger partial charge in [-0.3, -0.25) is 0 Å². The summed E-state index contributed by atoms with van der Waals surface area (Å²) in [6.45, 7) is 34.3. The van der Waals surface area contributed by atoms with Gasteiger partial charge < -0.3 is 119 Å². The van der Waals surface area contributed by atoms with Crippen LogP contribution >= 0.6 is 31.3 Å². The fourth-order valence-corrected chi connectivity index (χ4v) is 0. The summed E-state index contributed by atoms with van der Waals surface area (Å²) in [6, 6.07) is 0. The van der Waals surface area contributed by atoms with Gasteiger partial charge in [-0.2, -0.15) is 69.8 Å². The Morgan fingerprint density at radius 2 is 0.319 bits per heavy atom. The maximum atomic E-state index is 8.55. The number of unbranched alkanes of at least 4 members (excludes halogenated alkanes) is 6. The van der Waals surface area contributed by atoms with Gasteiger partial charge in [0.2, 0.25) is 0 Å². The van der Waals surface area contributed by atoms with Gasteiger partial charge in [-0.15, -0.1) is 0 Å². The molecule has 0 aliphatic carbocycles. The first kappa shape index (κ1) is 87.4.